The number of guanidine groups is 1. The first-order chi connectivity index (χ1) is 10.2. The van der Waals surface area contributed by atoms with E-state index >= 15 is 0 Å². The zero-order valence-corrected chi connectivity index (χ0v) is 13.2. The predicted molar refractivity (Wildman–Crippen MR) is 78.2 cm³/mol. The molecule has 0 saturated carbocycles. The highest BCUT2D eigenvalue weighted by molar-refractivity contribution is 5.79. The summed E-state index contributed by atoms with van der Waals surface area (Å²) in [6.45, 7) is 0.00111. The van der Waals surface area contributed by atoms with Crippen molar-refractivity contribution >= 4 is 5.96 Å². The highest BCUT2D eigenvalue weighted by atomic mass is 19.4. The van der Waals surface area contributed by atoms with Crippen LogP contribution in [0.3, 0.4) is 0 Å². The molecule has 0 aliphatic heterocycles. The Morgan fingerprint density at radius 3 is 2.09 bits per heavy atom. The fourth-order valence-corrected chi connectivity index (χ4v) is 1.95. The predicted octanol–water partition coefficient (Wildman–Crippen LogP) is 2.57. The van der Waals surface area contributed by atoms with Gasteiger partial charge in [-0.3, -0.25) is 0 Å². The Kier molecular flexibility index (Phi) is 5.90. The molecule has 124 valence electrons. The van der Waals surface area contributed by atoms with Gasteiger partial charge < -0.3 is 19.3 Å². The van der Waals surface area contributed by atoms with Crippen molar-refractivity contribution in [1.29, 1.82) is 0 Å². The van der Waals surface area contributed by atoms with E-state index in [1.807, 2.05) is 0 Å². The minimum Gasteiger partial charge on any atom is -0.496 e. The average Bonchev–Trinajstić information content (AvgIpc) is 2.37. The number of benzene rings is 1. The molecule has 0 aliphatic rings. The molecule has 0 radical (unpaired) electrons. The van der Waals surface area contributed by atoms with Gasteiger partial charge in [-0.15, -0.1) is 13.2 Å². The van der Waals surface area contributed by atoms with Crippen LogP contribution >= 0.6 is 0 Å². The summed E-state index contributed by atoms with van der Waals surface area (Å²) in [4.78, 5) is 7.86. The summed E-state index contributed by atoms with van der Waals surface area (Å²) >= 11 is 0. The average molecular weight is 319 g/mol. The second-order valence-corrected chi connectivity index (χ2v) is 4.89. The van der Waals surface area contributed by atoms with Gasteiger partial charge in [0.15, 0.2) is 5.96 Å². The number of methoxy groups -OCH3 is 1. The largest absolute Gasteiger partial charge is 0.573 e. The number of ether oxygens (including phenoxy) is 2. The van der Waals surface area contributed by atoms with Crippen molar-refractivity contribution in [3.63, 3.8) is 0 Å². The molecule has 0 unspecified atom stereocenters. The molecule has 8 heteroatoms. The molecule has 0 aromatic heterocycles. The van der Waals surface area contributed by atoms with Crippen LogP contribution in [-0.4, -0.2) is 57.4 Å². The molecule has 1 rings (SSSR count). The van der Waals surface area contributed by atoms with Gasteiger partial charge >= 0.3 is 6.36 Å². The maximum absolute atomic E-state index is 12.5. The van der Waals surface area contributed by atoms with Crippen molar-refractivity contribution in [3.05, 3.63) is 23.8 Å². The van der Waals surface area contributed by atoms with Crippen LogP contribution in [0.4, 0.5) is 13.2 Å². The number of halogens is 3. The molecule has 0 heterocycles. The molecular formula is C14H20F3N3O2. The standard InChI is InChI=1S/C14H20F3N3O2/c1-19(2)13(20(3)4)18-9-10-11(21-5)7-6-8-12(10)22-14(15,16)17/h6-8H,9H2,1-5H3. The first-order valence-electron chi connectivity index (χ1n) is 6.46. The van der Waals surface area contributed by atoms with Crippen molar-refractivity contribution < 1.29 is 22.6 Å². The summed E-state index contributed by atoms with van der Waals surface area (Å²) in [6, 6.07) is 4.25. The Morgan fingerprint density at radius 1 is 1.09 bits per heavy atom. The molecule has 5 nitrogen and oxygen atoms in total. The SMILES string of the molecule is COc1cccc(OC(F)(F)F)c1CN=C(N(C)C)N(C)C. The van der Waals surface area contributed by atoms with Crippen LogP contribution in [0.5, 0.6) is 11.5 Å². The van der Waals surface area contributed by atoms with Crippen molar-refractivity contribution in [2.24, 2.45) is 4.99 Å². The minimum atomic E-state index is -4.77. The molecule has 0 saturated heterocycles. The first kappa shape index (κ1) is 17.9. The summed E-state index contributed by atoms with van der Waals surface area (Å²) < 4.78 is 46.7. The molecule has 0 N–H and O–H groups in total. The van der Waals surface area contributed by atoms with Gasteiger partial charge in [-0.05, 0) is 12.1 Å². The van der Waals surface area contributed by atoms with Crippen LogP contribution < -0.4 is 9.47 Å². The van der Waals surface area contributed by atoms with Gasteiger partial charge in [0.2, 0.25) is 0 Å². The van der Waals surface area contributed by atoms with Gasteiger partial charge in [0.05, 0.1) is 19.2 Å². The highest BCUT2D eigenvalue weighted by Crippen LogP contribution is 2.33. The van der Waals surface area contributed by atoms with E-state index in [9.17, 15) is 13.2 Å². The number of rotatable bonds is 4. The molecule has 1 aromatic rings. The molecule has 1 aromatic carbocycles. The maximum Gasteiger partial charge on any atom is 0.573 e. The van der Waals surface area contributed by atoms with Gasteiger partial charge in [0.1, 0.15) is 11.5 Å². The van der Waals surface area contributed by atoms with E-state index in [1.165, 1.54) is 19.2 Å². The first-order valence-corrected chi connectivity index (χ1v) is 6.46. The van der Waals surface area contributed by atoms with Crippen LogP contribution in [0, 0.1) is 0 Å². The molecule has 0 aliphatic carbocycles. The van der Waals surface area contributed by atoms with Crippen molar-refractivity contribution in [2.75, 3.05) is 35.3 Å². The smallest absolute Gasteiger partial charge is 0.496 e. The molecule has 0 atom stereocenters. The molecule has 0 amide bonds. The van der Waals surface area contributed by atoms with E-state index in [0.717, 1.165) is 0 Å². The van der Waals surface area contributed by atoms with E-state index in [2.05, 4.69) is 9.73 Å². The third kappa shape index (κ3) is 5.01. The molecule has 0 spiro atoms. The van der Waals surface area contributed by atoms with Crippen LogP contribution in [-0.2, 0) is 6.54 Å². The van der Waals surface area contributed by atoms with Gasteiger partial charge in [0, 0.05) is 28.2 Å². The second kappa shape index (κ2) is 7.24. The summed E-state index contributed by atoms with van der Waals surface area (Å²) in [5.41, 5.74) is 0.239. The summed E-state index contributed by atoms with van der Waals surface area (Å²) in [6.07, 6.45) is -4.77. The number of hydrogen-bond donors (Lipinski definition) is 0. The Bertz CT molecular complexity index is 519. The number of hydrogen-bond acceptors (Lipinski definition) is 3. The minimum absolute atomic E-state index is 0.00111. The fraction of sp³-hybridized carbons (Fsp3) is 0.500. The lowest BCUT2D eigenvalue weighted by Crippen LogP contribution is -2.35. The third-order valence-corrected chi connectivity index (χ3v) is 2.71. The normalized spacial score (nSPS) is 10.9. The zero-order valence-electron chi connectivity index (χ0n) is 13.2. The van der Waals surface area contributed by atoms with E-state index in [4.69, 9.17) is 4.74 Å². The quantitative estimate of drug-likeness (QED) is 0.631. The fourth-order valence-electron chi connectivity index (χ4n) is 1.95. The van der Waals surface area contributed by atoms with E-state index < -0.39 is 6.36 Å². The van der Waals surface area contributed by atoms with Crippen LogP contribution in [0.1, 0.15) is 5.56 Å². The Hall–Kier alpha value is -2.12. The molecule has 0 bridgehead atoms. The summed E-state index contributed by atoms with van der Waals surface area (Å²) in [5.74, 6) is 0.596. The Labute approximate surface area is 127 Å². The lowest BCUT2D eigenvalue weighted by Gasteiger charge is -2.23. The molecule has 22 heavy (non-hydrogen) atoms. The lowest BCUT2D eigenvalue weighted by atomic mass is 10.2. The highest BCUT2D eigenvalue weighted by Gasteiger charge is 2.32. The lowest BCUT2D eigenvalue weighted by molar-refractivity contribution is -0.274. The summed E-state index contributed by atoms with van der Waals surface area (Å²) in [5, 5.41) is 0. The van der Waals surface area contributed by atoms with Crippen molar-refractivity contribution in [3.8, 4) is 11.5 Å². The zero-order chi connectivity index (χ0) is 16.9. The Morgan fingerprint density at radius 2 is 1.64 bits per heavy atom. The Balaban J connectivity index is 3.18. The summed E-state index contributed by atoms with van der Waals surface area (Å²) in [7, 11) is 8.59. The monoisotopic (exact) mass is 319 g/mol. The number of alkyl halides is 3. The van der Waals surface area contributed by atoms with Crippen LogP contribution in [0.15, 0.2) is 23.2 Å². The van der Waals surface area contributed by atoms with Gasteiger partial charge in [-0.25, -0.2) is 4.99 Å². The maximum atomic E-state index is 12.5. The van der Waals surface area contributed by atoms with Crippen LogP contribution in [0.2, 0.25) is 0 Å². The molecular weight excluding hydrogens is 299 g/mol. The van der Waals surface area contributed by atoms with Gasteiger partial charge in [-0.1, -0.05) is 6.07 Å². The number of aliphatic imine (C=N–C) groups is 1. The van der Waals surface area contributed by atoms with Crippen LogP contribution in [0.25, 0.3) is 0 Å². The second-order valence-electron chi connectivity index (χ2n) is 4.89. The third-order valence-electron chi connectivity index (χ3n) is 2.71. The van der Waals surface area contributed by atoms with Crippen molar-refractivity contribution in [1.82, 2.24) is 9.80 Å². The van der Waals surface area contributed by atoms with Gasteiger partial charge in [0.25, 0.3) is 0 Å². The molecule has 0 fully saturated rings. The van der Waals surface area contributed by atoms with E-state index in [1.54, 1.807) is 44.1 Å². The van der Waals surface area contributed by atoms with E-state index in [-0.39, 0.29) is 17.9 Å². The van der Waals surface area contributed by atoms with Crippen molar-refractivity contribution in [2.45, 2.75) is 12.9 Å². The number of nitrogens with zero attached hydrogens (tertiary/aromatic N) is 3. The topological polar surface area (TPSA) is 37.3 Å². The van der Waals surface area contributed by atoms with E-state index in [0.29, 0.717) is 11.7 Å². The van der Waals surface area contributed by atoms with Gasteiger partial charge in [-0.2, -0.15) is 0 Å².